The SMILES string of the molecule is CCCCCCCC/C=C\CCCCCCCCO.CCCCCCCC/C=C\CCCCCCCCO.CN(C)CCC(=O)OCC1CC[C@H](O)O1. The molecule has 1 saturated heterocycles. The Hall–Kier alpha value is -1.25. The molecule has 0 aromatic rings. The van der Waals surface area contributed by atoms with Crippen molar-refractivity contribution in [1.82, 2.24) is 4.90 Å². The Labute approximate surface area is 329 Å². The monoisotopic (exact) mass is 754 g/mol. The maximum Gasteiger partial charge on any atom is 0.307 e. The summed E-state index contributed by atoms with van der Waals surface area (Å²) in [6, 6.07) is 0. The van der Waals surface area contributed by atoms with E-state index in [4.69, 9.17) is 24.8 Å². The molecule has 316 valence electrons. The van der Waals surface area contributed by atoms with Crippen LogP contribution in [0.25, 0.3) is 0 Å². The van der Waals surface area contributed by atoms with Gasteiger partial charge in [-0.2, -0.15) is 0 Å². The molecule has 2 atom stereocenters. The van der Waals surface area contributed by atoms with Crippen LogP contribution in [0.3, 0.4) is 0 Å². The van der Waals surface area contributed by atoms with Gasteiger partial charge in [-0.05, 0) is 84.7 Å². The molecule has 0 spiro atoms. The lowest BCUT2D eigenvalue weighted by Gasteiger charge is -2.12. The summed E-state index contributed by atoms with van der Waals surface area (Å²) in [5, 5.41) is 26.4. The average molecular weight is 754 g/mol. The molecule has 7 nitrogen and oxygen atoms in total. The maximum absolute atomic E-state index is 11.2. The van der Waals surface area contributed by atoms with Crippen molar-refractivity contribution >= 4 is 5.97 Å². The smallest absolute Gasteiger partial charge is 0.307 e. The summed E-state index contributed by atoms with van der Waals surface area (Å²) in [7, 11) is 3.81. The first-order chi connectivity index (χ1) is 25.9. The molecule has 0 bridgehead atoms. The fraction of sp³-hybridized carbons (Fsp3) is 0.891. The zero-order valence-electron chi connectivity index (χ0n) is 35.7. The van der Waals surface area contributed by atoms with Gasteiger partial charge in [-0.25, -0.2) is 0 Å². The summed E-state index contributed by atoms with van der Waals surface area (Å²) in [6.07, 6.45) is 47.4. The Morgan fingerprint density at radius 1 is 0.585 bits per heavy atom. The van der Waals surface area contributed by atoms with Crippen LogP contribution in [0.1, 0.15) is 213 Å². The predicted octanol–water partition coefficient (Wildman–Crippen LogP) is 12.0. The Morgan fingerprint density at radius 2 is 0.943 bits per heavy atom. The van der Waals surface area contributed by atoms with Gasteiger partial charge in [0.15, 0.2) is 6.29 Å². The topological polar surface area (TPSA) is 99.5 Å². The molecule has 1 aliphatic rings. The second-order valence-electron chi connectivity index (χ2n) is 15.3. The number of carbonyl (C=O) groups excluding carboxylic acids is 1. The zero-order valence-corrected chi connectivity index (χ0v) is 35.7. The fourth-order valence-corrected chi connectivity index (χ4v) is 6.10. The molecule has 0 aromatic carbocycles. The number of hydrogen-bond acceptors (Lipinski definition) is 7. The summed E-state index contributed by atoms with van der Waals surface area (Å²) in [6.45, 7) is 6.21. The van der Waals surface area contributed by atoms with Gasteiger partial charge in [-0.3, -0.25) is 4.79 Å². The van der Waals surface area contributed by atoms with Crippen LogP contribution in [0.5, 0.6) is 0 Å². The van der Waals surface area contributed by atoms with E-state index in [-0.39, 0.29) is 18.7 Å². The molecule has 1 unspecified atom stereocenters. The van der Waals surface area contributed by atoms with Crippen LogP contribution >= 0.6 is 0 Å². The largest absolute Gasteiger partial charge is 0.463 e. The third kappa shape index (κ3) is 48.7. The lowest BCUT2D eigenvalue weighted by atomic mass is 10.1. The number of carbonyl (C=O) groups is 1. The fourth-order valence-electron chi connectivity index (χ4n) is 6.10. The van der Waals surface area contributed by atoms with Crippen molar-refractivity contribution in [1.29, 1.82) is 0 Å². The van der Waals surface area contributed by atoms with Crippen molar-refractivity contribution < 1.29 is 29.6 Å². The molecule has 3 N–H and O–H groups in total. The Morgan fingerprint density at radius 3 is 1.26 bits per heavy atom. The highest BCUT2D eigenvalue weighted by Crippen LogP contribution is 2.18. The van der Waals surface area contributed by atoms with E-state index in [1.807, 2.05) is 19.0 Å². The van der Waals surface area contributed by atoms with Gasteiger partial charge in [0, 0.05) is 26.2 Å². The van der Waals surface area contributed by atoms with Crippen LogP contribution in [-0.4, -0.2) is 79.0 Å². The van der Waals surface area contributed by atoms with Crippen LogP contribution in [0.15, 0.2) is 24.3 Å². The maximum atomic E-state index is 11.2. The first kappa shape index (κ1) is 53.9. The highest BCUT2D eigenvalue weighted by molar-refractivity contribution is 5.69. The Kier molecular flexibility index (Phi) is 47.7. The number of allylic oxidation sites excluding steroid dienone is 4. The molecule has 0 radical (unpaired) electrons. The lowest BCUT2D eigenvalue weighted by molar-refractivity contribution is -0.152. The molecule has 1 rings (SSSR count). The molecule has 1 aliphatic heterocycles. The van der Waals surface area contributed by atoms with Gasteiger partial charge in [-0.15, -0.1) is 0 Å². The van der Waals surface area contributed by atoms with Crippen molar-refractivity contribution in [3.05, 3.63) is 24.3 Å². The summed E-state index contributed by atoms with van der Waals surface area (Å²) in [5.41, 5.74) is 0. The molecule has 53 heavy (non-hydrogen) atoms. The number of nitrogens with zero attached hydrogens (tertiary/aromatic N) is 1. The van der Waals surface area contributed by atoms with Gasteiger partial charge in [0.05, 0.1) is 12.5 Å². The minimum absolute atomic E-state index is 0.136. The average Bonchev–Trinajstić information content (AvgIpc) is 3.58. The van der Waals surface area contributed by atoms with Gasteiger partial charge in [0.25, 0.3) is 0 Å². The highest BCUT2D eigenvalue weighted by atomic mass is 16.6. The van der Waals surface area contributed by atoms with Crippen LogP contribution < -0.4 is 0 Å². The second-order valence-corrected chi connectivity index (χ2v) is 15.3. The van der Waals surface area contributed by atoms with Crippen molar-refractivity contribution in [3.63, 3.8) is 0 Å². The minimum atomic E-state index is -0.685. The van der Waals surface area contributed by atoms with Gasteiger partial charge in [0.1, 0.15) is 6.61 Å². The molecule has 0 aliphatic carbocycles. The van der Waals surface area contributed by atoms with E-state index in [1.165, 1.54) is 167 Å². The van der Waals surface area contributed by atoms with E-state index in [9.17, 15) is 4.79 Å². The minimum Gasteiger partial charge on any atom is -0.463 e. The summed E-state index contributed by atoms with van der Waals surface area (Å²) >= 11 is 0. The normalized spacial score (nSPS) is 15.5. The van der Waals surface area contributed by atoms with Crippen LogP contribution in [0, 0.1) is 0 Å². The quantitative estimate of drug-likeness (QED) is 0.0337. The standard InChI is InChI=1S/2C18H36O.C10H19NO4/c2*1-2-3-4-5-6-7-8-9-10-11-12-13-14-15-16-17-18-19;1-11(2)6-5-9(12)14-7-8-3-4-10(13)15-8/h2*9-10,19H,2-8,11-18H2,1H3;8,10,13H,3-7H2,1-2H3/b2*10-9-;/t;;8?,10-/m..1/s1. The van der Waals surface area contributed by atoms with Crippen molar-refractivity contribution in [2.24, 2.45) is 0 Å². The van der Waals surface area contributed by atoms with Crippen molar-refractivity contribution in [2.75, 3.05) is 40.5 Å². The number of aliphatic hydroxyl groups is 3. The van der Waals surface area contributed by atoms with E-state index >= 15 is 0 Å². The first-order valence-corrected chi connectivity index (χ1v) is 22.6. The number of rotatable bonds is 35. The molecular formula is C46H91NO6. The first-order valence-electron chi connectivity index (χ1n) is 22.6. The number of esters is 1. The number of hydrogen-bond donors (Lipinski definition) is 3. The Bertz CT molecular complexity index is 718. The molecule has 1 fully saturated rings. The molecule has 7 heteroatoms. The van der Waals surface area contributed by atoms with E-state index in [1.54, 1.807) is 0 Å². The predicted molar refractivity (Wildman–Crippen MR) is 227 cm³/mol. The van der Waals surface area contributed by atoms with E-state index in [2.05, 4.69) is 38.2 Å². The number of ether oxygens (including phenoxy) is 2. The summed E-state index contributed by atoms with van der Waals surface area (Å²) in [4.78, 5) is 13.1. The summed E-state index contributed by atoms with van der Waals surface area (Å²) < 4.78 is 10.1. The number of aliphatic hydroxyl groups excluding tert-OH is 3. The Balaban J connectivity index is 0. The molecule has 0 aromatic heterocycles. The van der Waals surface area contributed by atoms with Gasteiger partial charge < -0.3 is 29.7 Å². The molecular weight excluding hydrogens is 663 g/mol. The van der Waals surface area contributed by atoms with Gasteiger partial charge in [-0.1, -0.05) is 154 Å². The lowest BCUT2D eigenvalue weighted by Crippen LogP contribution is -2.22. The third-order valence-electron chi connectivity index (χ3n) is 9.62. The highest BCUT2D eigenvalue weighted by Gasteiger charge is 2.24. The number of unbranched alkanes of at least 4 members (excludes halogenated alkanes) is 24. The van der Waals surface area contributed by atoms with Crippen LogP contribution in [-0.2, 0) is 14.3 Å². The van der Waals surface area contributed by atoms with E-state index in [0.717, 1.165) is 19.3 Å². The van der Waals surface area contributed by atoms with Crippen LogP contribution in [0.4, 0.5) is 0 Å². The van der Waals surface area contributed by atoms with E-state index < -0.39 is 6.29 Å². The second kappa shape index (κ2) is 46.9. The molecule has 1 heterocycles. The molecule has 0 saturated carbocycles. The van der Waals surface area contributed by atoms with Gasteiger partial charge in [0.2, 0.25) is 0 Å². The molecule has 0 amide bonds. The summed E-state index contributed by atoms with van der Waals surface area (Å²) in [5.74, 6) is -0.214. The van der Waals surface area contributed by atoms with Gasteiger partial charge >= 0.3 is 5.97 Å². The zero-order chi connectivity index (χ0) is 39.3. The van der Waals surface area contributed by atoms with Crippen molar-refractivity contribution in [2.45, 2.75) is 225 Å². The van der Waals surface area contributed by atoms with E-state index in [0.29, 0.717) is 32.6 Å². The van der Waals surface area contributed by atoms with Crippen molar-refractivity contribution in [3.8, 4) is 0 Å². The third-order valence-corrected chi connectivity index (χ3v) is 9.62. The van der Waals surface area contributed by atoms with Crippen LogP contribution in [0.2, 0.25) is 0 Å².